The van der Waals surface area contributed by atoms with Crippen LogP contribution in [0.3, 0.4) is 0 Å². The van der Waals surface area contributed by atoms with E-state index in [1.54, 1.807) is 0 Å². The minimum Gasteiger partial charge on any atom is -0.393 e. The number of aliphatic hydroxyl groups excluding tert-OH is 1. The first-order valence-corrected chi connectivity index (χ1v) is 9.82. The summed E-state index contributed by atoms with van der Waals surface area (Å²) in [4.78, 5) is 11.9. The number of rotatable bonds is 1. The number of hydrogen-bond acceptors (Lipinski definition) is 2. The van der Waals surface area contributed by atoms with Crippen molar-refractivity contribution >= 4 is 5.78 Å². The molecule has 0 amide bonds. The predicted octanol–water partition coefficient (Wildman–Crippen LogP) is 4.52. The summed E-state index contributed by atoms with van der Waals surface area (Å²) >= 11 is 0. The van der Waals surface area contributed by atoms with Gasteiger partial charge in [0.15, 0.2) is 5.78 Å². The van der Waals surface area contributed by atoms with Gasteiger partial charge in [-0.05, 0) is 79.1 Å². The quantitative estimate of drug-likeness (QED) is 0.772. The van der Waals surface area contributed by atoms with Crippen LogP contribution in [-0.4, -0.2) is 17.0 Å². The molecule has 0 saturated heterocycles. The first-order valence-electron chi connectivity index (χ1n) is 9.82. The van der Waals surface area contributed by atoms with E-state index in [1.165, 1.54) is 31.3 Å². The Hall–Kier alpha value is -0.630. The first-order chi connectivity index (χ1) is 10.9. The van der Waals surface area contributed by atoms with Gasteiger partial charge < -0.3 is 5.11 Å². The fourth-order valence-electron chi connectivity index (χ4n) is 7.24. The Morgan fingerprint density at radius 3 is 2.74 bits per heavy atom. The Morgan fingerprint density at radius 1 is 1.22 bits per heavy atom. The van der Waals surface area contributed by atoms with Crippen molar-refractivity contribution in [3.8, 4) is 0 Å². The van der Waals surface area contributed by atoms with E-state index in [2.05, 4.69) is 20.8 Å². The van der Waals surface area contributed by atoms with Crippen molar-refractivity contribution in [3.05, 3.63) is 11.6 Å². The smallest absolute Gasteiger partial charge is 0.155 e. The third-order valence-electron chi connectivity index (χ3n) is 8.58. The highest BCUT2D eigenvalue weighted by Gasteiger charge is 2.61. The predicted molar refractivity (Wildman–Crippen MR) is 91.9 cm³/mol. The van der Waals surface area contributed by atoms with Gasteiger partial charge in [0.05, 0.1) is 6.10 Å². The molecule has 7 atom stereocenters. The highest BCUT2D eigenvalue weighted by molar-refractivity contribution is 5.91. The summed E-state index contributed by atoms with van der Waals surface area (Å²) in [5, 5.41) is 10.8. The second-order valence-electron chi connectivity index (χ2n) is 9.35. The van der Waals surface area contributed by atoms with Crippen LogP contribution in [0.4, 0.5) is 0 Å². The summed E-state index contributed by atoms with van der Waals surface area (Å²) in [5.74, 6) is 3.22. The molecule has 0 aromatic carbocycles. The van der Waals surface area contributed by atoms with E-state index in [0.29, 0.717) is 17.6 Å². The zero-order valence-corrected chi connectivity index (χ0v) is 15.0. The Bertz CT molecular complexity index is 550. The zero-order valence-electron chi connectivity index (χ0n) is 15.0. The summed E-state index contributed by atoms with van der Waals surface area (Å²) in [6.45, 7) is 7.12. The zero-order chi connectivity index (χ0) is 16.4. The van der Waals surface area contributed by atoms with Crippen LogP contribution >= 0.6 is 0 Å². The molecular formula is C21H32O2. The van der Waals surface area contributed by atoms with Crippen molar-refractivity contribution < 1.29 is 9.90 Å². The van der Waals surface area contributed by atoms with Crippen molar-refractivity contribution in [3.63, 3.8) is 0 Å². The molecule has 2 nitrogen and oxygen atoms in total. The fraction of sp³-hybridized carbons (Fsp3) is 0.857. The monoisotopic (exact) mass is 316 g/mol. The van der Waals surface area contributed by atoms with E-state index >= 15 is 0 Å². The molecule has 1 N–H and O–H groups in total. The van der Waals surface area contributed by atoms with Gasteiger partial charge in [0.2, 0.25) is 0 Å². The molecular weight excluding hydrogens is 284 g/mol. The molecule has 0 heterocycles. The maximum Gasteiger partial charge on any atom is 0.155 e. The molecule has 0 aliphatic heterocycles. The second-order valence-corrected chi connectivity index (χ2v) is 9.35. The molecule has 4 rings (SSSR count). The maximum absolute atomic E-state index is 11.9. The van der Waals surface area contributed by atoms with Crippen LogP contribution in [-0.2, 0) is 4.79 Å². The van der Waals surface area contributed by atoms with Gasteiger partial charge in [0, 0.05) is 6.42 Å². The van der Waals surface area contributed by atoms with E-state index in [-0.39, 0.29) is 16.9 Å². The van der Waals surface area contributed by atoms with Crippen molar-refractivity contribution in [1.29, 1.82) is 0 Å². The molecule has 0 spiro atoms. The van der Waals surface area contributed by atoms with Crippen molar-refractivity contribution in [2.75, 3.05) is 0 Å². The van der Waals surface area contributed by atoms with Gasteiger partial charge in [-0.25, -0.2) is 0 Å². The summed E-state index contributed by atoms with van der Waals surface area (Å²) in [6, 6.07) is 0. The Morgan fingerprint density at radius 2 is 2.00 bits per heavy atom. The number of hydrogen-bond donors (Lipinski definition) is 1. The molecule has 3 unspecified atom stereocenters. The average Bonchev–Trinajstić information content (AvgIpc) is 2.79. The second kappa shape index (κ2) is 5.18. The van der Waals surface area contributed by atoms with Gasteiger partial charge in [-0.15, -0.1) is 0 Å². The van der Waals surface area contributed by atoms with E-state index < -0.39 is 0 Å². The van der Waals surface area contributed by atoms with Crippen molar-refractivity contribution in [2.45, 2.75) is 78.2 Å². The highest BCUT2D eigenvalue weighted by atomic mass is 16.3. The maximum atomic E-state index is 11.9. The van der Waals surface area contributed by atoms with E-state index in [9.17, 15) is 9.90 Å². The number of allylic oxidation sites excluding steroid dienone is 1. The Kier molecular flexibility index (Phi) is 3.58. The Balaban J connectivity index is 1.71. The van der Waals surface area contributed by atoms with Crippen LogP contribution in [0, 0.1) is 34.5 Å². The first kappa shape index (κ1) is 15.9. The molecule has 128 valence electrons. The molecule has 0 radical (unpaired) electrons. The number of carbonyl (C=O) groups excluding carboxylic acids is 1. The lowest BCUT2D eigenvalue weighted by molar-refractivity contribution is -0.118. The minimum atomic E-state index is -0.101. The summed E-state index contributed by atoms with van der Waals surface area (Å²) in [5.41, 5.74) is 1.85. The van der Waals surface area contributed by atoms with E-state index in [0.717, 1.165) is 37.5 Å². The Labute approximate surface area is 140 Å². The lowest BCUT2D eigenvalue weighted by atomic mass is 9.46. The summed E-state index contributed by atoms with van der Waals surface area (Å²) in [7, 11) is 0. The van der Waals surface area contributed by atoms with Crippen LogP contribution in [0.5, 0.6) is 0 Å². The lowest BCUT2D eigenvalue weighted by Crippen LogP contribution is -2.52. The highest BCUT2D eigenvalue weighted by Crippen LogP contribution is 2.66. The molecule has 3 saturated carbocycles. The van der Waals surface area contributed by atoms with Crippen LogP contribution in [0.1, 0.15) is 72.1 Å². The number of carbonyl (C=O) groups is 1. The van der Waals surface area contributed by atoms with Crippen molar-refractivity contribution in [1.82, 2.24) is 0 Å². The van der Waals surface area contributed by atoms with Crippen LogP contribution in [0.25, 0.3) is 0 Å². The molecule has 23 heavy (non-hydrogen) atoms. The third kappa shape index (κ3) is 2.06. The van der Waals surface area contributed by atoms with Gasteiger partial charge in [0.1, 0.15) is 0 Å². The molecule has 2 heteroatoms. The lowest BCUT2D eigenvalue weighted by Gasteiger charge is -2.58. The molecule has 3 fully saturated rings. The number of ketones is 1. The SMILES string of the molecule is CC[C@@H]1C[C@H](O)[C@@]2(C)CCC3C(CCC4=CC(=O)CC[C@@]43C)C12. The fourth-order valence-corrected chi connectivity index (χ4v) is 7.24. The van der Waals surface area contributed by atoms with Gasteiger partial charge in [0.25, 0.3) is 0 Å². The minimum absolute atomic E-state index is 0.101. The van der Waals surface area contributed by atoms with E-state index in [1.807, 2.05) is 6.08 Å². The van der Waals surface area contributed by atoms with Crippen LogP contribution < -0.4 is 0 Å². The van der Waals surface area contributed by atoms with Crippen LogP contribution in [0.15, 0.2) is 11.6 Å². The van der Waals surface area contributed by atoms with Gasteiger partial charge in [-0.3, -0.25) is 4.79 Å². The summed E-state index contributed by atoms with van der Waals surface area (Å²) in [6.07, 6.45) is 10.7. The largest absolute Gasteiger partial charge is 0.393 e. The molecule has 4 aliphatic carbocycles. The van der Waals surface area contributed by atoms with Crippen molar-refractivity contribution in [2.24, 2.45) is 34.5 Å². The topological polar surface area (TPSA) is 37.3 Å². The molecule has 0 bridgehead atoms. The molecule has 4 aliphatic rings. The average molecular weight is 316 g/mol. The van der Waals surface area contributed by atoms with Gasteiger partial charge in [-0.1, -0.05) is 32.8 Å². The van der Waals surface area contributed by atoms with E-state index in [4.69, 9.17) is 0 Å². The van der Waals surface area contributed by atoms with Gasteiger partial charge in [-0.2, -0.15) is 0 Å². The molecule has 0 aromatic heterocycles. The summed E-state index contributed by atoms with van der Waals surface area (Å²) < 4.78 is 0. The normalized spacial score (nSPS) is 52.4. The third-order valence-corrected chi connectivity index (χ3v) is 8.58. The number of aliphatic hydroxyl groups is 1. The van der Waals surface area contributed by atoms with Crippen LogP contribution in [0.2, 0.25) is 0 Å². The molecule has 0 aromatic rings. The standard InChI is InChI=1S/C21H32O2/c1-4-13-11-18(23)21(3)10-8-17-16(19(13)21)6-5-14-12-15(22)7-9-20(14,17)2/h12-13,16-19,23H,4-11H2,1-3H3/t13-,16?,17?,18+,19?,20+,21-/m1/s1. The number of fused-ring (bicyclic) bond motifs is 5. The van der Waals surface area contributed by atoms with Gasteiger partial charge >= 0.3 is 0 Å².